The molecule has 0 aliphatic rings. The summed E-state index contributed by atoms with van der Waals surface area (Å²) in [4.78, 5) is 10.8. The number of hydrogen-bond donors (Lipinski definition) is 1. The van der Waals surface area contributed by atoms with Crippen molar-refractivity contribution in [2.24, 2.45) is 0 Å². The molecule has 1 aromatic carbocycles. The van der Waals surface area contributed by atoms with Gasteiger partial charge in [0.25, 0.3) is 0 Å². The van der Waals surface area contributed by atoms with Crippen LogP contribution in [-0.2, 0) is 0 Å². The van der Waals surface area contributed by atoms with Gasteiger partial charge < -0.3 is 19.1 Å². The van der Waals surface area contributed by atoms with Crippen molar-refractivity contribution >= 4 is 5.97 Å². The lowest BCUT2D eigenvalue weighted by atomic mass is 10.0. The Kier molecular flexibility index (Phi) is 3.41. The summed E-state index contributed by atoms with van der Waals surface area (Å²) in [5.74, 6) is -0.213. The SMILES string of the molecule is COc1cc(C)c(-c2cc(C(=O)O)on2)cc1OC. The highest BCUT2D eigenvalue weighted by Gasteiger charge is 2.16. The van der Waals surface area contributed by atoms with Crippen LogP contribution < -0.4 is 9.47 Å². The summed E-state index contributed by atoms with van der Waals surface area (Å²) in [6.07, 6.45) is 0. The lowest BCUT2D eigenvalue weighted by molar-refractivity contribution is 0.0652. The summed E-state index contributed by atoms with van der Waals surface area (Å²) in [5, 5.41) is 12.6. The van der Waals surface area contributed by atoms with Gasteiger partial charge in [0.1, 0.15) is 5.69 Å². The summed E-state index contributed by atoms with van der Waals surface area (Å²) < 4.78 is 15.1. The largest absolute Gasteiger partial charge is 0.493 e. The van der Waals surface area contributed by atoms with Crippen molar-refractivity contribution in [2.45, 2.75) is 6.92 Å². The van der Waals surface area contributed by atoms with E-state index in [4.69, 9.17) is 19.1 Å². The third kappa shape index (κ3) is 2.37. The maximum absolute atomic E-state index is 10.8. The van der Waals surface area contributed by atoms with Gasteiger partial charge in [-0.3, -0.25) is 0 Å². The first-order valence-corrected chi connectivity index (χ1v) is 5.49. The predicted molar refractivity (Wildman–Crippen MR) is 66.7 cm³/mol. The first kappa shape index (κ1) is 12.9. The standard InChI is InChI=1S/C13H13NO5/c1-7-4-10(17-2)11(18-3)5-8(7)9-6-12(13(15)16)19-14-9/h4-6H,1-3H3,(H,15,16). The van der Waals surface area contributed by atoms with E-state index in [9.17, 15) is 4.79 Å². The molecular weight excluding hydrogens is 250 g/mol. The number of rotatable bonds is 4. The van der Waals surface area contributed by atoms with Crippen molar-refractivity contribution in [3.05, 3.63) is 29.5 Å². The number of aromatic nitrogens is 1. The average Bonchev–Trinajstić information content (AvgIpc) is 2.87. The molecule has 0 spiro atoms. The molecule has 1 aromatic heterocycles. The predicted octanol–water partition coefficient (Wildman–Crippen LogP) is 2.37. The Hall–Kier alpha value is -2.50. The molecule has 0 radical (unpaired) electrons. The number of methoxy groups -OCH3 is 2. The average molecular weight is 263 g/mol. The van der Waals surface area contributed by atoms with Crippen LogP contribution in [0.1, 0.15) is 16.1 Å². The fraction of sp³-hybridized carbons (Fsp3) is 0.231. The molecule has 0 saturated carbocycles. The quantitative estimate of drug-likeness (QED) is 0.911. The normalized spacial score (nSPS) is 10.3. The molecule has 100 valence electrons. The molecule has 1 N–H and O–H groups in total. The van der Waals surface area contributed by atoms with E-state index in [2.05, 4.69) is 5.16 Å². The van der Waals surface area contributed by atoms with Gasteiger partial charge in [0, 0.05) is 11.6 Å². The number of nitrogens with zero attached hydrogens (tertiary/aromatic N) is 1. The summed E-state index contributed by atoms with van der Waals surface area (Å²) in [7, 11) is 3.08. The molecule has 0 amide bonds. The van der Waals surface area contributed by atoms with Crippen molar-refractivity contribution in [1.29, 1.82) is 0 Å². The second-order valence-corrected chi connectivity index (χ2v) is 3.90. The zero-order valence-corrected chi connectivity index (χ0v) is 10.8. The number of carboxylic acid groups (broad SMARTS) is 1. The number of hydrogen-bond acceptors (Lipinski definition) is 5. The number of aromatic carboxylic acids is 1. The second kappa shape index (κ2) is 5.01. The minimum absolute atomic E-state index is 0.204. The van der Waals surface area contributed by atoms with Gasteiger partial charge in [-0.1, -0.05) is 5.16 Å². The first-order valence-electron chi connectivity index (χ1n) is 5.49. The summed E-state index contributed by atoms with van der Waals surface area (Å²) in [5.41, 5.74) is 2.05. The number of aryl methyl sites for hydroxylation is 1. The first-order chi connectivity index (χ1) is 9.06. The Morgan fingerprint density at radius 2 is 1.84 bits per heavy atom. The topological polar surface area (TPSA) is 81.8 Å². The van der Waals surface area contributed by atoms with Gasteiger partial charge in [-0.15, -0.1) is 0 Å². The van der Waals surface area contributed by atoms with Gasteiger partial charge in [-0.05, 0) is 24.6 Å². The van der Waals surface area contributed by atoms with Crippen LogP contribution in [0.3, 0.4) is 0 Å². The summed E-state index contributed by atoms with van der Waals surface area (Å²) in [6, 6.07) is 4.90. The fourth-order valence-corrected chi connectivity index (χ4v) is 1.76. The van der Waals surface area contributed by atoms with Gasteiger partial charge in [-0.25, -0.2) is 4.79 Å². The smallest absolute Gasteiger partial charge is 0.374 e. The molecule has 6 heteroatoms. The Morgan fingerprint density at radius 1 is 1.21 bits per heavy atom. The van der Waals surface area contributed by atoms with E-state index in [1.54, 1.807) is 19.2 Å². The zero-order chi connectivity index (χ0) is 14.0. The Morgan fingerprint density at radius 3 is 2.37 bits per heavy atom. The van der Waals surface area contributed by atoms with Crippen LogP contribution in [0.15, 0.2) is 22.7 Å². The molecule has 6 nitrogen and oxygen atoms in total. The highest BCUT2D eigenvalue weighted by molar-refractivity contribution is 5.86. The number of ether oxygens (including phenoxy) is 2. The molecule has 0 saturated heterocycles. The van der Waals surface area contributed by atoms with E-state index in [-0.39, 0.29) is 5.76 Å². The van der Waals surface area contributed by atoms with Crippen molar-refractivity contribution < 1.29 is 23.9 Å². The van der Waals surface area contributed by atoms with Crippen molar-refractivity contribution in [3.63, 3.8) is 0 Å². The maximum atomic E-state index is 10.8. The molecule has 0 atom stereocenters. The molecule has 2 rings (SSSR count). The summed E-state index contributed by atoms with van der Waals surface area (Å²) >= 11 is 0. The molecule has 0 aliphatic carbocycles. The lowest BCUT2D eigenvalue weighted by Gasteiger charge is -2.11. The molecule has 0 fully saturated rings. The maximum Gasteiger partial charge on any atom is 0.374 e. The van der Waals surface area contributed by atoms with Crippen molar-refractivity contribution in [1.82, 2.24) is 5.16 Å². The molecule has 0 aliphatic heterocycles. The van der Waals surface area contributed by atoms with E-state index >= 15 is 0 Å². The summed E-state index contributed by atoms with van der Waals surface area (Å²) in [6.45, 7) is 1.87. The second-order valence-electron chi connectivity index (χ2n) is 3.90. The minimum atomic E-state index is -1.16. The minimum Gasteiger partial charge on any atom is -0.493 e. The fourth-order valence-electron chi connectivity index (χ4n) is 1.76. The lowest BCUT2D eigenvalue weighted by Crippen LogP contribution is -1.94. The van der Waals surface area contributed by atoms with Crippen molar-refractivity contribution in [3.8, 4) is 22.8 Å². The van der Waals surface area contributed by atoms with E-state index in [1.807, 2.05) is 6.92 Å². The molecule has 0 unspecified atom stereocenters. The molecule has 1 heterocycles. The molecular formula is C13H13NO5. The molecule has 2 aromatic rings. The Bertz CT molecular complexity index is 617. The third-order valence-electron chi connectivity index (χ3n) is 2.73. The van der Waals surface area contributed by atoms with Gasteiger partial charge >= 0.3 is 5.97 Å². The van der Waals surface area contributed by atoms with Crippen LogP contribution in [0.2, 0.25) is 0 Å². The van der Waals surface area contributed by atoms with Crippen LogP contribution in [0.4, 0.5) is 0 Å². The van der Waals surface area contributed by atoms with Crippen molar-refractivity contribution in [2.75, 3.05) is 14.2 Å². The van der Waals surface area contributed by atoms with Gasteiger partial charge in [0.2, 0.25) is 5.76 Å². The zero-order valence-electron chi connectivity index (χ0n) is 10.8. The van der Waals surface area contributed by atoms with Crippen LogP contribution in [0.5, 0.6) is 11.5 Å². The molecule has 0 bridgehead atoms. The highest BCUT2D eigenvalue weighted by atomic mass is 16.5. The number of benzene rings is 1. The monoisotopic (exact) mass is 263 g/mol. The third-order valence-corrected chi connectivity index (χ3v) is 2.73. The van der Waals surface area contributed by atoms with E-state index in [1.165, 1.54) is 13.2 Å². The number of carboxylic acids is 1. The van der Waals surface area contributed by atoms with E-state index in [0.29, 0.717) is 17.2 Å². The van der Waals surface area contributed by atoms with Crippen LogP contribution in [0.25, 0.3) is 11.3 Å². The van der Waals surface area contributed by atoms with Gasteiger partial charge in [0.05, 0.1) is 14.2 Å². The van der Waals surface area contributed by atoms with Gasteiger partial charge in [0.15, 0.2) is 11.5 Å². The van der Waals surface area contributed by atoms with E-state index < -0.39 is 5.97 Å². The van der Waals surface area contributed by atoms with Crippen LogP contribution in [0, 0.1) is 6.92 Å². The van der Waals surface area contributed by atoms with E-state index in [0.717, 1.165) is 11.1 Å². The molecule has 19 heavy (non-hydrogen) atoms. The van der Waals surface area contributed by atoms with Gasteiger partial charge in [-0.2, -0.15) is 0 Å². The Balaban J connectivity index is 2.51. The number of carbonyl (C=O) groups is 1. The van der Waals surface area contributed by atoms with Crippen LogP contribution >= 0.6 is 0 Å². The van der Waals surface area contributed by atoms with Crippen LogP contribution in [-0.4, -0.2) is 30.5 Å². The Labute approximate surface area is 109 Å². The highest BCUT2D eigenvalue weighted by Crippen LogP contribution is 2.35.